The molecule has 1 N–H and O–H groups in total. The van der Waals surface area contributed by atoms with E-state index in [1.54, 1.807) is 6.08 Å². The van der Waals surface area contributed by atoms with Crippen molar-refractivity contribution in [1.29, 1.82) is 0 Å². The van der Waals surface area contributed by atoms with Gasteiger partial charge in [0.05, 0.1) is 6.54 Å². The predicted molar refractivity (Wildman–Crippen MR) is 110 cm³/mol. The van der Waals surface area contributed by atoms with Gasteiger partial charge in [0.1, 0.15) is 12.4 Å². The van der Waals surface area contributed by atoms with E-state index < -0.39 is 0 Å². The molecule has 0 aliphatic carbocycles. The second-order valence-corrected chi connectivity index (χ2v) is 6.80. The smallest absolute Gasteiger partial charge is 0.246 e. The number of piperidine rings is 1. The van der Waals surface area contributed by atoms with E-state index in [0.717, 1.165) is 11.3 Å². The lowest BCUT2D eigenvalue weighted by atomic mass is 9.96. The van der Waals surface area contributed by atoms with Gasteiger partial charge in [-0.05, 0) is 36.6 Å². The maximum atomic E-state index is 12.3. The van der Waals surface area contributed by atoms with Crippen molar-refractivity contribution < 1.29 is 14.3 Å². The van der Waals surface area contributed by atoms with Crippen LogP contribution >= 0.6 is 0 Å². The molecule has 146 valence electrons. The van der Waals surface area contributed by atoms with Gasteiger partial charge in [0.2, 0.25) is 11.8 Å². The van der Waals surface area contributed by atoms with Crippen LogP contribution in [0.5, 0.6) is 5.75 Å². The fourth-order valence-electron chi connectivity index (χ4n) is 3.20. The number of likely N-dealkylation sites (tertiary alicyclic amines) is 1. The monoisotopic (exact) mass is 378 g/mol. The SMILES string of the molecule is O=C(NCCOc1ccccc1)C1CCN(C(=O)C=Cc2ccccc2)CC1. The molecular formula is C23H26N2O3. The van der Waals surface area contributed by atoms with E-state index in [2.05, 4.69) is 5.32 Å². The Kier molecular flexibility index (Phi) is 7.24. The quantitative estimate of drug-likeness (QED) is 0.595. The summed E-state index contributed by atoms with van der Waals surface area (Å²) >= 11 is 0. The summed E-state index contributed by atoms with van der Waals surface area (Å²) in [6.45, 7) is 2.14. The molecule has 1 aliphatic heterocycles. The van der Waals surface area contributed by atoms with Gasteiger partial charge in [0, 0.05) is 25.1 Å². The zero-order chi connectivity index (χ0) is 19.6. The van der Waals surface area contributed by atoms with Crippen molar-refractivity contribution >= 4 is 17.9 Å². The highest BCUT2D eigenvalue weighted by atomic mass is 16.5. The maximum Gasteiger partial charge on any atom is 0.246 e. The summed E-state index contributed by atoms with van der Waals surface area (Å²) in [5, 5.41) is 2.93. The van der Waals surface area contributed by atoms with E-state index in [1.807, 2.05) is 71.6 Å². The van der Waals surface area contributed by atoms with Crippen LogP contribution < -0.4 is 10.1 Å². The molecule has 28 heavy (non-hydrogen) atoms. The largest absolute Gasteiger partial charge is 0.492 e. The molecule has 1 heterocycles. The number of nitrogens with one attached hydrogen (secondary N) is 1. The number of benzene rings is 2. The third-order valence-electron chi connectivity index (χ3n) is 4.81. The van der Waals surface area contributed by atoms with Crippen LogP contribution in [0.1, 0.15) is 18.4 Å². The summed E-state index contributed by atoms with van der Waals surface area (Å²) in [5.41, 5.74) is 1.00. The van der Waals surface area contributed by atoms with Gasteiger partial charge in [-0.25, -0.2) is 0 Å². The summed E-state index contributed by atoms with van der Waals surface area (Å²) < 4.78 is 5.58. The van der Waals surface area contributed by atoms with E-state index >= 15 is 0 Å². The fourth-order valence-corrected chi connectivity index (χ4v) is 3.20. The summed E-state index contributed by atoms with van der Waals surface area (Å²) in [6.07, 6.45) is 4.82. The zero-order valence-corrected chi connectivity index (χ0v) is 15.9. The average molecular weight is 378 g/mol. The predicted octanol–water partition coefficient (Wildman–Crippen LogP) is 3.13. The van der Waals surface area contributed by atoms with Gasteiger partial charge in [-0.3, -0.25) is 9.59 Å². The summed E-state index contributed by atoms with van der Waals surface area (Å²) in [6, 6.07) is 19.3. The van der Waals surface area contributed by atoms with E-state index in [9.17, 15) is 9.59 Å². The summed E-state index contributed by atoms with van der Waals surface area (Å²) in [4.78, 5) is 26.4. The Balaban J connectivity index is 1.35. The minimum absolute atomic E-state index is 0.000952. The second kappa shape index (κ2) is 10.3. The molecule has 0 unspecified atom stereocenters. The first-order valence-corrected chi connectivity index (χ1v) is 9.70. The Bertz CT molecular complexity index is 782. The standard InChI is InChI=1S/C23H26N2O3/c26-22(12-11-19-7-3-1-4-8-19)25-16-13-20(14-17-25)23(27)24-15-18-28-21-9-5-2-6-10-21/h1-12,20H,13-18H2,(H,24,27). The first-order chi connectivity index (χ1) is 13.7. The lowest BCUT2D eigenvalue weighted by molar-refractivity contribution is -0.132. The van der Waals surface area contributed by atoms with Crippen LogP contribution in [0.25, 0.3) is 6.08 Å². The number of hydrogen-bond donors (Lipinski definition) is 1. The normalized spacial score (nSPS) is 14.8. The molecule has 2 aromatic carbocycles. The number of rotatable bonds is 7. The van der Waals surface area contributed by atoms with E-state index in [-0.39, 0.29) is 17.7 Å². The first-order valence-electron chi connectivity index (χ1n) is 9.70. The molecule has 1 saturated heterocycles. The number of ether oxygens (including phenoxy) is 1. The summed E-state index contributed by atoms with van der Waals surface area (Å²) in [7, 11) is 0. The highest BCUT2D eigenvalue weighted by molar-refractivity contribution is 5.92. The van der Waals surface area contributed by atoms with Gasteiger partial charge < -0.3 is 15.0 Å². The Hall–Kier alpha value is -3.08. The van der Waals surface area contributed by atoms with Gasteiger partial charge >= 0.3 is 0 Å². The van der Waals surface area contributed by atoms with E-state index in [0.29, 0.717) is 39.1 Å². The maximum absolute atomic E-state index is 12.3. The third-order valence-corrected chi connectivity index (χ3v) is 4.81. The lowest BCUT2D eigenvalue weighted by Crippen LogP contribution is -2.43. The molecule has 5 heteroatoms. The van der Waals surface area contributed by atoms with Crippen LogP contribution in [0.4, 0.5) is 0 Å². The lowest BCUT2D eigenvalue weighted by Gasteiger charge is -2.30. The van der Waals surface area contributed by atoms with Crippen molar-refractivity contribution in [3.63, 3.8) is 0 Å². The van der Waals surface area contributed by atoms with Crippen LogP contribution in [0.3, 0.4) is 0 Å². The fraction of sp³-hybridized carbons (Fsp3) is 0.304. The molecule has 1 fully saturated rings. The molecule has 2 aromatic rings. The van der Waals surface area contributed by atoms with Crippen LogP contribution in [-0.4, -0.2) is 43.0 Å². The molecule has 0 atom stereocenters. The Morgan fingerprint density at radius 1 is 1.00 bits per heavy atom. The molecule has 0 saturated carbocycles. The Labute approximate surface area is 166 Å². The molecule has 0 radical (unpaired) electrons. The average Bonchev–Trinajstić information content (AvgIpc) is 2.76. The highest BCUT2D eigenvalue weighted by Gasteiger charge is 2.26. The van der Waals surface area contributed by atoms with Gasteiger partial charge in [0.15, 0.2) is 0 Å². The number of amides is 2. The van der Waals surface area contributed by atoms with E-state index in [1.165, 1.54) is 0 Å². The summed E-state index contributed by atoms with van der Waals surface area (Å²) in [5.74, 6) is 0.800. The number of hydrogen-bond acceptors (Lipinski definition) is 3. The molecule has 0 spiro atoms. The molecule has 2 amide bonds. The van der Waals surface area contributed by atoms with E-state index in [4.69, 9.17) is 4.74 Å². The van der Waals surface area contributed by atoms with Crippen LogP contribution in [0, 0.1) is 5.92 Å². The van der Waals surface area contributed by atoms with Crippen molar-refractivity contribution in [2.45, 2.75) is 12.8 Å². The minimum Gasteiger partial charge on any atom is -0.492 e. The second-order valence-electron chi connectivity index (χ2n) is 6.80. The number of carbonyl (C=O) groups is 2. The Morgan fingerprint density at radius 2 is 1.64 bits per heavy atom. The minimum atomic E-state index is -0.0427. The Morgan fingerprint density at radius 3 is 2.32 bits per heavy atom. The van der Waals surface area contributed by atoms with Gasteiger partial charge in [0.25, 0.3) is 0 Å². The zero-order valence-electron chi connectivity index (χ0n) is 15.9. The molecule has 0 aromatic heterocycles. The highest BCUT2D eigenvalue weighted by Crippen LogP contribution is 2.18. The third kappa shape index (κ3) is 5.98. The van der Waals surface area contributed by atoms with Gasteiger partial charge in [-0.1, -0.05) is 48.5 Å². The van der Waals surface area contributed by atoms with Crippen molar-refractivity contribution in [2.24, 2.45) is 5.92 Å². The first kappa shape index (κ1) is 19.7. The number of para-hydroxylation sites is 1. The molecular weight excluding hydrogens is 352 g/mol. The molecule has 3 rings (SSSR count). The van der Waals surface area contributed by atoms with Crippen LogP contribution in [0.15, 0.2) is 66.7 Å². The van der Waals surface area contributed by atoms with Gasteiger partial charge in [-0.15, -0.1) is 0 Å². The molecule has 1 aliphatic rings. The van der Waals surface area contributed by atoms with Crippen molar-refractivity contribution in [3.05, 3.63) is 72.3 Å². The van der Waals surface area contributed by atoms with Gasteiger partial charge in [-0.2, -0.15) is 0 Å². The molecule has 5 nitrogen and oxygen atoms in total. The molecule has 0 bridgehead atoms. The van der Waals surface area contributed by atoms with Crippen LogP contribution in [0.2, 0.25) is 0 Å². The van der Waals surface area contributed by atoms with Crippen molar-refractivity contribution in [2.75, 3.05) is 26.2 Å². The van der Waals surface area contributed by atoms with Crippen molar-refractivity contribution in [1.82, 2.24) is 10.2 Å². The van der Waals surface area contributed by atoms with Crippen LogP contribution in [-0.2, 0) is 9.59 Å². The van der Waals surface area contributed by atoms with Crippen molar-refractivity contribution in [3.8, 4) is 5.75 Å². The number of carbonyl (C=O) groups excluding carboxylic acids is 2. The number of nitrogens with zero attached hydrogens (tertiary/aromatic N) is 1. The topological polar surface area (TPSA) is 58.6 Å².